The Kier molecular flexibility index (Phi) is 5.62. The molecule has 2 aliphatic heterocycles. The summed E-state index contributed by atoms with van der Waals surface area (Å²) in [5, 5.41) is 33.8. The van der Waals surface area contributed by atoms with Gasteiger partial charge >= 0.3 is 17.9 Å². The van der Waals surface area contributed by atoms with Crippen LogP contribution in [0.1, 0.15) is 12.8 Å². The lowest BCUT2D eigenvalue weighted by Gasteiger charge is -2.18. The number of hydrogen-bond acceptors (Lipinski definition) is 5. The molecule has 0 saturated heterocycles. The Hall–Kier alpha value is -3.14. The van der Waals surface area contributed by atoms with Crippen LogP contribution >= 0.6 is 0 Å². The first-order valence-corrected chi connectivity index (χ1v) is 6.19. The van der Waals surface area contributed by atoms with Crippen LogP contribution in [0.15, 0.2) is 29.5 Å². The molecule has 0 amide bonds. The van der Waals surface area contributed by atoms with Crippen LogP contribution in [0.4, 0.5) is 0 Å². The number of hydrogen-bond donors (Lipinski definition) is 6. The molecular weight excluding hydrogens is 312 g/mol. The molecule has 0 aliphatic carbocycles. The summed E-state index contributed by atoms with van der Waals surface area (Å²) in [7, 11) is 0. The molecule has 2 aliphatic rings. The van der Waals surface area contributed by atoms with Crippen LogP contribution in [0.25, 0.3) is 11.1 Å². The second kappa shape index (κ2) is 7.22. The van der Waals surface area contributed by atoms with E-state index in [-0.39, 0.29) is 5.56 Å². The van der Waals surface area contributed by atoms with Gasteiger partial charge in [0.2, 0.25) is 0 Å². The molecule has 0 fully saturated rings. The molecule has 0 spiro atoms. The Morgan fingerprint density at radius 3 is 2.04 bits per heavy atom. The molecule has 0 saturated carbocycles. The SMILES string of the molecule is O=C(O)CC(O)(CC(=O)O)C(=O)O.O=c1[nH]cc2cc[nH]cc1-2. The molecule has 0 aromatic carbocycles. The Morgan fingerprint density at radius 1 is 1.04 bits per heavy atom. The summed E-state index contributed by atoms with van der Waals surface area (Å²) in [5.41, 5.74) is -1.12. The highest BCUT2D eigenvalue weighted by Gasteiger charge is 2.40. The van der Waals surface area contributed by atoms with Gasteiger partial charge in [-0.05, 0) is 6.07 Å². The molecule has 2 rings (SSSR count). The van der Waals surface area contributed by atoms with Crippen LogP contribution in [0.5, 0.6) is 0 Å². The van der Waals surface area contributed by atoms with Crippen molar-refractivity contribution in [2.24, 2.45) is 0 Å². The first kappa shape index (κ1) is 17.9. The second-order valence-electron chi connectivity index (χ2n) is 4.61. The Morgan fingerprint density at radius 2 is 1.61 bits per heavy atom. The highest BCUT2D eigenvalue weighted by molar-refractivity contribution is 5.88. The van der Waals surface area contributed by atoms with Crippen LogP contribution in [0.3, 0.4) is 0 Å². The highest BCUT2D eigenvalue weighted by atomic mass is 16.4. The molecule has 124 valence electrons. The summed E-state index contributed by atoms with van der Waals surface area (Å²) >= 11 is 0. The molecule has 2 heterocycles. The van der Waals surface area contributed by atoms with Gasteiger partial charge in [-0.1, -0.05) is 0 Å². The molecule has 0 unspecified atom stereocenters. The number of aromatic amines is 2. The van der Waals surface area contributed by atoms with Crippen molar-refractivity contribution in [2.75, 3.05) is 0 Å². The van der Waals surface area contributed by atoms with Crippen LogP contribution in [0, 0.1) is 0 Å². The van der Waals surface area contributed by atoms with E-state index in [9.17, 15) is 19.2 Å². The molecular formula is C13H14N2O8. The summed E-state index contributed by atoms with van der Waals surface area (Å²) in [6.07, 6.45) is 2.89. The topological polar surface area (TPSA) is 181 Å². The first-order valence-electron chi connectivity index (χ1n) is 6.19. The maximum atomic E-state index is 10.9. The van der Waals surface area contributed by atoms with E-state index in [4.69, 9.17) is 20.4 Å². The summed E-state index contributed by atoms with van der Waals surface area (Å²) in [4.78, 5) is 46.8. The molecule has 0 bridgehead atoms. The fourth-order valence-electron chi connectivity index (χ4n) is 1.70. The van der Waals surface area contributed by atoms with E-state index in [2.05, 4.69) is 9.97 Å². The monoisotopic (exact) mass is 326 g/mol. The largest absolute Gasteiger partial charge is 0.481 e. The Labute approximate surface area is 128 Å². The van der Waals surface area contributed by atoms with Crippen molar-refractivity contribution in [1.82, 2.24) is 9.97 Å². The molecule has 10 nitrogen and oxygen atoms in total. The average molecular weight is 326 g/mol. The third-order valence-corrected chi connectivity index (χ3v) is 2.79. The van der Waals surface area contributed by atoms with Gasteiger partial charge in [0.1, 0.15) is 0 Å². The van der Waals surface area contributed by atoms with Gasteiger partial charge in [0.25, 0.3) is 5.56 Å². The quantitative estimate of drug-likeness (QED) is 0.427. The number of carbonyl (C=O) groups is 3. The zero-order chi connectivity index (χ0) is 17.6. The number of aliphatic hydroxyl groups is 1. The first-order chi connectivity index (χ1) is 10.7. The lowest BCUT2D eigenvalue weighted by Crippen LogP contribution is -2.42. The number of H-pyrrole nitrogens is 2. The third-order valence-electron chi connectivity index (χ3n) is 2.79. The number of aromatic nitrogens is 2. The molecule has 10 heteroatoms. The fourth-order valence-corrected chi connectivity index (χ4v) is 1.70. The molecule has 0 radical (unpaired) electrons. The number of fused-ring (bicyclic) bond motifs is 1. The van der Waals surface area contributed by atoms with Crippen molar-refractivity contribution in [2.45, 2.75) is 18.4 Å². The summed E-state index contributed by atoms with van der Waals surface area (Å²) in [6, 6.07) is 1.85. The van der Waals surface area contributed by atoms with Crippen molar-refractivity contribution in [3.8, 4) is 11.1 Å². The van der Waals surface area contributed by atoms with E-state index in [1.165, 1.54) is 0 Å². The average Bonchev–Trinajstić information content (AvgIpc) is 2.80. The molecule has 0 aromatic rings. The van der Waals surface area contributed by atoms with Crippen LogP contribution in [-0.4, -0.2) is 53.9 Å². The second-order valence-corrected chi connectivity index (χ2v) is 4.61. The van der Waals surface area contributed by atoms with Gasteiger partial charge in [-0.15, -0.1) is 0 Å². The van der Waals surface area contributed by atoms with E-state index in [0.29, 0.717) is 5.56 Å². The predicted molar refractivity (Wildman–Crippen MR) is 75.1 cm³/mol. The normalized spacial score (nSPS) is 10.7. The number of nitrogens with one attached hydrogen (secondary N) is 2. The molecule has 0 aromatic heterocycles. The van der Waals surface area contributed by atoms with Crippen molar-refractivity contribution >= 4 is 17.9 Å². The predicted octanol–water partition coefficient (Wildman–Crippen LogP) is -0.441. The lowest BCUT2D eigenvalue weighted by atomic mass is 9.96. The zero-order valence-electron chi connectivity index (χ0n) is 11.6. The number of carboxylic acid groups (broad SMARTS) is 3. The lowest BCUT2D eigenvalue weighted by molar-refractivity contribution is -0.170. The van der Waals surface area contributed by atoms with Crippen molar-refractivity contribution in [3.63, 3.8) is 0 Å². The minimum Gasteiger partial charge on any atom is -0.481 e. The van der Waals surface area contributed by atoms with Crippen LogP contribution < -0.4 is 5.56 Å². The highest BCUT2D eigenvalue weighted by Crippen LogP contribution is 2.15. The molecule has 6 N–H and O–H groups in total. The molecule has 23 heavy (non-hydrogen) atoms. The Balaban J connectivity index is 0.000000235. The fraction of sp³-hybridized carbons (Fsp3) is 0.231. The van der Waals surface area contributed by atoms with Gasteiger partial charge in [0, 0.05) is 24.2 Å². The van der Waals surface area contributed by atoms with Gasteiger partial charge in [0.05, 0.1) is 18.4 Å². The van der Waals surface area contributed by atoms with E-state index in [0.717, 1.165) is 5.56 Å². The summed E-state index contributed by atoms with van der Waals surface area (Å²) in [6.45, 7) is 0. The van der Waals surface area contributed by atoms with E-state index in [1.807, 2.05) is 6.07 Å². The number of pyridine rings is 1. The van der Waals surface area contributed by atoms with Gasteiger partial charge in [0.15, 0.2) is 5.60 Å². The van der Waals surface area contributed by atoms with Gasteiger partial charge in [-0.25, -0.2) is 4.79 Å². The van der Waals surface area contributed by atoms with E-state index >= 15 is 0 Å². The van der Waals surface area contributed by atoms with Gasteiger partial charge in [-0.2, -0.15) is 0 Å². The summed E-state index contributed by atoms with van der Waals surface area (Å²) < 4.78 is 0. The minimum absolute atomic E-state index is 0.0353. The smallest absolute Gasteiger partial charge is 0.336 e. The summed E-state index contributed by atoms with van der Waals surface area (Å²) in [5.74, 6) is -5.02. The number of rotatable bonds is 5. The van der Waals surface area contributed by atoms with Gasteiger partial charge in [-0.3, -0.25) is 14.4 Å². The van der Waals surface area contributed by atoms with Crippen molar-refractivity contribution in [3.05, 3.63) is 35.0 Å². The maximum Gasteiger partial charge on any atom is 0.336 e. The minimum atomic E-state index is -2.74. The van der Waals surface area contributed by atoms with E-state index < -0.39 is 36.4 Å². The van der Waals surface area contributed by atoms with E-state index in [1.54, 1.807) is 18.6 Å². The zero-order valence-corrected chi connectivity index (χ0v) is 11.6. The van der Waals surface area contributed by atoms with Crippen LogP contribution in [-0.2, 0) is 14.4 Å². The maximum absolute atomic E-state index is 10.9. The van der Waals surface area contributed by atoms with Crippen LogP contribution in [0.2, 0.25) is 0 Å². The Bertz CT molecular complexity index is 716. The number of aliphatic carboxylic acids is 3. The standard InChI is InChI=1S/C7H6N2O.C6H8O7/c10-7-6-4-8-2-1-5(6)3-9-7;7-3(8)1-6(13,5(11)12)2-4(9)10/h1-4,8H,(H,9,10);13H,1-2H2,(H,7,8)(H,9,10)(H,11,12). The molecule has 0 atom stereocenters. The van der Waals surface area contributed by atoms with Crippen molar-refractivity contribution < 1.29 is 34.8 Å². The van der Waals surface area contributed by atoms with Crippen molar-refractivity contribution in [1.29, 1.82) is 0 Å². The third kappa shape index (κ3) is 4.97. The number of carboxylic acids is 3. The van der Waals surface area contributed by atoms with Gasteiger partial charge < -0.3 is 30.4 Å².